The van der Waals surface area contributed by atoms with Gasteiger partial charge in [-0.1, -0.05) is 30.3 Å². The molecule has 0 bridgehead atoms. The highest BCUT2D eigenvalue weighted by Crippen LogP contribution is 2.31. The number of anilines is 1. The molecular formula is C24H34N5S+. The normalized spacial score (nSPS) is 12.2. The van der Waals surface area contributed by atoms with Crippen LogP contribution in [0.1, 0.15) is 23.5 Å². The predicted octanol–water partition coefficient (Wildman–Crippen LogP) is 2.36. The number of nitrogens with zero attached hydrogens (tertiary/aromatic N) is 1. The lowest BCUT2D eigenvalue weighted by Gasteiger charge is -2.21. The number of H-pyrrole nitrogens is 1. The molecule has 1 atom stereocenters. The number of thiocarbonyl (C=S) groups is 1. The molecule has 0 aliphatic rings. The van der Waals surface area contributed by atoms with Crippen molar-refractivity contribution in [3.8, 4) is 0 Å². The Bertz CT molecular complexity index is 946. The number of nitrogens with one attached hydrogen (secondary N) is 4. The summed E-state index contributed by atoms with van der Waals surface area (Å²) in [7, 11) is 8.47. The van der Waals surface area contributed by atoms with E-state index in [-0.39, 0.29) is 5.92 Å². The van der Waals surface area contributed by atoms with Gasteiger partial charge in [0.2, 0.25) is 0 Å². The highest BCUT2D eigenvalue weighted by atomic mass is 32.1. The van der Waals surface area contributed by atoms with Gasteiger partial charge in [-0.25, -0.2) is 0 Å². The summed E-state index contributed by atoms with van der Waals surface area (Å²) in [5, 5.41) is 8.77. The van der Waals surface area contributed by atoms with Crippen molar-refractivity contribution in [1.82, 2.24) is 15.6 Å². The number of aromatic amines is 1. The average Bonchev–Trinajstić information content (AvgIpc) is 3.16. The number of quaternary nitrogens is 1. The molecule has 0 unspecified atom stereocenters. The topological polar surface area (TPSA) is 47.5 Å². The third-order valence-electron chi connectivity index (χ3n) is 5.41. The summed E-state index contributed by atoms with van der Waals surface area (Å²) in [5.41, 5.74) is 4.92. The van der Waals surface area contributed by atoms with Crippen LogP contribution in [0.3, 0.4) is 0 Å². The molecular weight excluding hydrogens is 390 g/mol. The molecule has 1 heterocycles. The van der Waals surface area contributed by atoms with E-state index in [0.717, 1.165) is 36.7 Å². The molecule has 0 aliphatic heterocycles. The number of rotatable bonds is 9. The Hall–Kier alpha value is -2.57. The minimum atomic E-state index is 0.198. The number of fused-ring (bicyclic) bond motifs is 1. The summed E-state index contributed by atoms with van der Waals surface area (Å²) >= 11 is 5.54. The van der Waals surface area contributed by atoms with Gasteiger partial charge in [0, 0.05) is 62.3 Å². The van der Waals surface area contributed by atoms with Crippen molar-refractivity contribution in [3.05, 3.63) is 65.9 Å². The van der Waals surface area contributed by atoms with Gasteiger partial charge in [-0.15, -0.1) is 0 Å². The SMILES string of the molecule is CN(C)c1ccc([C@@H](CNC(=S)NCCC[NH+](C)C)c2c[nH]c3ccccc23)cc1. The minimum absolute atomic E-state index is 0.198. The molecule has 0 aliphatic carbocycles. The van der Waals surface area contributed by atoms with Crippen LogP contribution in [0, 0.1) is 0 Å². The molecule has 0 spiro atoms. The molecule has 5 nitrogen and oxygen atoms in total. The molecule has 3 rings (SSSR count). The molecule has 160 valence electrons. The van der Waals surface area contributed by atoms with E-state index in [9.17, 15) is 0 Å². The Labute approximate surface area is 185 Å². The highest BCUT2D eigenvalue weighted by Gasteiger charge is 2.18. The first-order chi connectivity index (χ1) is 14.5. The van der Waals surface area contributed by atoms with Gasteiger partial charge < -0.3 is 25.4 Å². The zero-order valence-electron chi connectivity index (χ0n) is 18.5. The standard InChI is InChI=1S/C24H33N5S/c1-28(2)15-7-14-25-24(30)27-16-21(18-10-12-19(13-11-18)29(3)4)22-17-26-23-9-6-5-8-20(22)23/h5-6,8-13,17,21,26H,7,14-16H2,1-4H3,(H2,25,27,30)/p+1/t21-/m1/s1. The first kappa shape index (κ1) is 22.1. The van der Waals surface area contributed by atoms with Crippen LogP contribution in [0.2, 0.25) is 0 Å². The second kappa shape index (κ2) is 10.5. The van der Waals surface area contributed by atoms with E-state index in [1.165, 1.54) is 27.1 Å². The summed E-state index contributed by atoms with van der Waals surface area (Å²) in [5.74, 6) is 0.198. The zero-order chi connectivity index (χ0) is 21.5. The molecule has 0 fully saturated rings. The molecule has 1 aromatic heterocycles. The molecule has 0 saturated carbocycles. The van der Waals surface area contributed by atoms with Crippen molar-refractivity contribution < 1.29 is 4.90 Å². The van der Waals surface area contributed by atoms with E-state index >= 15 is 0 Å². The fourth-order valence-electron chi connectivity index (χ4n) is 3.70. The summed E-state index contributed by atoms with van der Waals surface area (Å²) in [6.45, 7) is 2.77. The van der Waals surface area contributed by atoms with Crippen molar-refractivity contribution in [3.63, 3.8) is 0 Å². The third-order valence-corrected chi connectivity index (χ3v) is 5.70. The van der Waals surface area contributed by atoms with Gasteiger partial charge in [-0.2, -0.15) is 0 Å². The molecule has 2 aromatic carbocycles. The van der Waals surface area contributed by atoms with Gasteiger partial charge in [-0.3, -0.25) is 0 Å². The van der Waals surface area contributed by atoms with Gasteiger partial charge in [-0.05, 0) is 41.5 Å². The molecule has 3 aromatic rings. The van der Waals surface area contributed by atoms with Gasteiger partial charge >= 0.3 is 0 Å². The Kier molecular flexibility index (Phi) is 7.71. The molecule has 6 heteroatoms. The van der Waals surface area contributed by atoms with Gasteiger partial charge in [0.25, 0.3) is 0 Å². The minimum Gasteiger partial charge on any atom is -0.378 e. The Morgan fingerprint density at radius 2 is 1.80 bits per heavy atom. The van der Waals surface area contributed by atoms with Crippen LogP contribution in [0.25, 0.3) is 10.9 Å². The van der Waals surface area contributed by atoms with Crippen LogP contribution in [0.15, 0.2) is 54.7 Å². The largest absolute Gasteiger partial charge is 0.378 e. The maximum Gasteiger partial charge on any atom is 0.166 e. The molecule has 0 saturated heterocycles. The first-order valence-corrected chi connectivity index (χ1v) is 11.0. The second-order valence-corrected chi connectivity index (χ2v) is 8.68. The van der Waals surface area contributed by atoms with Crippen molar-refractivity contribution in [2.24, 2.45) is 0 Å². The van der Waals surface area contributed by atoms with E-state index in [4.69, 9.17) is 12.2 Å². The average molecular weight is 425 g/mol. The Balaban J connectivity index is 1.75. The zero-order valence-corrected chi connectivity index (χ0v) is 19.3. The number of hydrogen-bond acceptors (Lipinski definition) is 2. The van der Waals surface area contributed by atoms with Gasteiger partial charge in [0.1, 0.15) is 0 Å². The van der Waals surface area contributed by atoms with Crippen LogP contribution < -0.4 is 20.4 Å². The number of hydrogen-bond donors (Lipinski definition) is 4. The van der Waals surface area contributed by atoms with Crippen LogP contribution in [-0.2, 0) is 0 Å². The predicted molar refractivity (Wildman–Crippen MR) is 132 cm³/mol. The highest BCUT2D eigenvalue weighted by molar-refractivity contribution is 7.80. The van der Waals surface area contributed by atoms with Crippen molar-refractivity contribution in [1.29, 1.82) is 0 Å². The first-order valence-electron chi connectivity index (χ1n) is 10.6. The summed E-state index contributed by atoms with van der Waals surface area (Å²) in [4.78, 5) is 7.00. The fraction of sp³-hybridized carbons (Fsp3) is 0.375. The van der Waals surface area contributed by atoms with Crippen LogP contribution in [0.5, 0.6) is 0 Å². The van der Waals surface area contributed by atoms with E-state index in [1.54, 1.807) is 0 Å². The molecule has 0 radical (unpaired) electrons. The van der Waals surface area contributed by atoms with E-state index < -0.39 is 0 Å². The Morgan fingerprint density at radius 3 is 2.50 bits per heavy atom. The second-order valence-electron chi connectivity index (χ2n) is 8.28. The van der Waals surface area contributed by atoms with Crippen molar-refractivity contribution in [2.45, 2.75) is 12.3 Å². The number of para-hydroxylation sites is 1. The fourth-order valence-corrected chi connectivity index (χ4v) is 3.88. The Morgan fingerprint density at radius 1 is 1.07 bits per heavy atom. The number of aromatic nitrogens is 1. The van der Waals surface area contributed by atoms with E-state index in [0.29, 0.717) is 0 Å². The third kappa shape index (κ3) is 5.74. The quantitative estimate of drug-likeness (QED) is 0.315. The van der Waals surface area contributed by atoms with Gasteiger partial charge in [0.05, 0.1) is 20.6 Å². The van der Waals surface area contributed by atoms with Crippen LogP contribution >= 0.6 is 12.2 Å². The van der Waals surface area contributed by atoms with Crippen LogP contribution in [-0.4, -0.2) is 57.9 Å². The monoisotopic (exact) mass is 424 g/mol. The van der Waals surface area contributed by atoms with Crippen molar-refractivity contribution in [2.75, 3.05) is 52.7 Å². The van der Waals surface area contributed by atoms with E-state index in [1.807, 2.05) is 0 Å². The maximum absolute atomic E-state index is 5.54. The summed E-state index contributed by atoms with van der Waals surface area (Å²) < 4.78 is 0. The van der Waals surface area contributed by atoms with Gasteiger partial charge in [0.15, 0.2) is 5.11 Å². The molecule has 30 heavy (non-hydrogen) atoms. The smallest absolute Gasteiger partial charge is 0.166 e. The molecule has 0 amide bonds. The lowest BCUT2D eigenvalue weighted by Crippen LogP contribution is -3.05. The van der Waals surface area contributed by atoms with Crippen LogP contribution in [0.4, 0.5) is 5.69 Å². The number of benzene rings is 2. The van der Waals surface area contributed by atoms with Crippen molar-refractivity contribution >= 4 is 33.9 Å². The van der Waals surface area contributed by atoms with E-state index in [2.05, 4.69) is 103 Å². The lowest BCUT2D eigenvalue weighted by molar-refractivity contribution is -0.858. The maximum atomic E-state index is 5.54. The molecule has 4 N–H and O–H groups in total. The summed E-state index contributed by atoms with van der Waals surface area (Å²) in [6.07, 6.45) is 3.23. The summed E-state index contributed by atoms with van der Waals surface area (Å²) in [6, 6.07) is 17.3. The lowest BCUT2D eigenvalue weighted by atomic mass is 9.90.